The van der Waals surface area contributed by atoms with Crippen LogP contribution in [0.4, 0.5) is 5.82 Å². The van der Waals surface area contributed by atoms with Crippen LogP contribution in [0.15, 0.2) is 18.2 Å². The molecule has 1 aliphatic carbocycles. The molecule has 1 saturated carbocycles. The van der Waals surface area contributed by atoms with Crippen molar-refractivity contribution in [2.24, 2.45) is 5.92 Å². The molecule has 1 aliphatic heterocycles. The SMILES string of the molecule is O=C(O)c1ccc(N2CCCn3nc(C(O)C4CC4)cc3C2)nn1. The smallest absolute Gasteiger partial charge is 0.356 e. The van der Waals surface area contributed by atoms with Crippen LogP contribution in [0, 0.1) is 5.92 Å². The molecule has 1 fully saturated rings. The van der Waals surface area contributed by atoms with Crippen molar-refractivity contribution in [3.8, 4) is 0 Å². The number of hydrogen-bond acceptors (Lipinski definition) is 6. The number of aliphatic hydroxyl groups excluding tert-OH is 1. The number of rotatable bonds is 4. The number of carbonyl (C=O) groups is 1. The van der Waals surface area contributed by atoms with Gasteiger partial charge in [0.05, 0.1) is 17.9 Å². The third-order valence-corrected chi connectivity index (χ3v) is 4.60. The number of aromatic carboxylic acids is 1. The Bertz CT molecular complexity index is 754. The van der Waals surface area contributed by atoms with Crippen LogP contribution in [0.5, 0.6) is 0 Å². The number of aliphatic hydroxyl groups is 1. The summed E-state index contributed by atoms with van der Waals surface area (Å²) in [5.74, 6) is -0.0738. The number of anilines is 1. The molecule has 2 aromatic heterocycles. The van der Waals surface area contributed by atoms with Gasteiger partial charge in [-0.1, -0.05) is 0 Å². The second kappa shape index (κ2) is 5.86. The van der Waals surface area contributed by atoms with Gasteiger partial charge in [0.1, 0.15) is 6.10 Å². The summed E-state index contributed by atoms with van der Waals surface area (Å²) < 4.78 is 1.96. The van der Waals surface area contributed by atoms with Gasteiger partial charge >= 0.3 is 5.97 Å². The molecular weight excluding hydrogens is 310 g/mol. The van der Waals surface area contributed by atoms with E-state index in [0.29, 0.717) is 18.3 Å². The Hall–Kier alpha value is -2.48. The Morgan fingerprint density at radius 3 is 2.75 bits per heavy atom. The first-order chi connectivity index (χ1) is 11.6. The molecule has 2 aromatic rings. The molecule has 2 aliphatic rings. The van der Waals surface area contributed by atoms with Crippen LogP contribution in [0.25, 0.3) is 0 Å². The maximum atomic E-state index is 10.9. The van der Waals surface area contributed by atoms with Crippen molar-refractivity contribution in [2.45, 2.75) is 38.5 Å². The van der Waals surface area contributed by atoms with Gasteiger partial charge in [0.2, 0.25) is 0 Å². The van der Waals surface area contributed by atoms with Crippen LogP contribution in [-0.4, -0.2) is 42.7 Å². The minimum Gasteiger partial charge on any atom is -0.476 e. The lowest BCUT2D eigenvalue weighted by Crippen LogP contribution is -2.24. The van der Waals surface area contributed by atoms with Gasteiger partial charge in [0, 0.05) is 13.1 Å². The highest BCUT2D eigenvalue weighted by Gasteiger charge is 2.33. The van der Waals surface area contributed by atoms with E-state index >= 15 is 0 Å². The van der Waals surface area contributed by atoms with Gasteiger partial charge in [-0.2, -0.15) is 5.10 Å². The largest absolute Gasteiger partial charge is 0.476 e. The third kappa shape index (κ3) is 2.84. The van der Waals surface area contributed by atoms with Crippen molar-refractivity contribution < 1.29 is 15.0 Å². The van der Waals surface area contributed by atoms with Crippen LogP contribution >= 0.6 is 0 Å². The van der Waals surface area contributed by atoms with Crippen LogP contribution in [0.2, 0.25) is 0 Å². The minimum absolute atomic E-state index is 0.0616. The van der Waals surface area contributed by atoms with Gasteiger partial charge in [-0.25, -0.2) is 4.79 Å². The van der Waals surface area contributed by atoms with E-state index in [-0.39, 0.29) is 5.69 Å². The van der Waals surface area contributed by atoms with Crippen molar-refractivity contribution in [3.63, 3.8) is 0 Å². The van der Waals surface area contributed by atoms with Crippen LogP contribution in [-0.2, 0) is 13.1 Å². The molecule has 1 atom stereocenters. The van der Waals surface area contributed by atoms with Crippen LogP contribution < -0.4 is 4.90 Å². The topological polar surface area (TPSA) is 104 Å². The van der Waals surface area contributed by atoms with Crippen molar-refractivity contribution >= 4 is 11.8 Å². The van der Waals surface area contributed by atoms with Gasteiger partial charge in [-0.3, -0.25) is 4.68 Å². The summed E-state index contributed by atoms with van der Waals surface area (Å²) >= 11 is 0. The zero-order valence-electron chi connectivity index (χ0n) is 13.2. The molecule has 8 heteroatoms. The number of fused-ring (bicyclic) bond motifs is 1. The highest BCUT2D eigenvalue weighted by atomic mass is 16.4. The van der Waals surface area contributed by atoms with Gasteiger partial charge in [0.25, 0.3) is 0 Å². The summed E-state index contributed by atoms with van der Waals surface area (Å²) in [5, 5.41) is 31.5. The molecule has 2 N–H and O–H groups in total. The lowest BCUT2D eigenvalue weighted by Gasteiger charge is -2.20. The Morgan fingerprint density at radius 1 is 1.25 bits per heavy atom. The molecule has 0 bridgehead atoms. The molecule has 126 valence electrons. The Kier molecular flexibility index (Phi) is 3.68. The van der Waals surface area contributed by atoms with Gasteiger partial charge in [0.15, 0.2) is 11.5 Å². The number of nitrogens with zero attached hydrogens (tertiary/aromatic N) is 5. The highest BCUT2D eigenvalue weighted by Crippen LogP contribution is 2.40. The zero-order chi connectivity index (χ0) is 16.7. The summed E-state index contributed by atoms with van der Waals surface area (Å²) in [7, 11) is 0. The van der Waals surface area contributed by atoms with Crippen LogP contribution in [0.1, 0.15) is 47.2 Å². The second-order valence-electron chi connectivity index (χ2n) is 6.42. The fourth-order valence-corrected chi connectivity index (χ4v) is 3.09. The van der Waals surface area contributed by atoms with Gasteiger partial charge in [-0.15, -0.1) is 10.2 Å². The quantitative estimate of drug-likeness (QED) is 0.869. The Morgan fingerprint density at radius 2 is 2.08 bits per heavy atom. The molecule has 3 heterocycles. The predicted molar refractivity (Wildman–Crippen MR) is 84.6 cm³/mol. The van der Waals surface area contributed by atoms with E-state index in [4.69, 9.17) is 5.11 Å². The molecule has 0 aromatic carbocycles. The maximum Gasteiger partial charge on any atom is 0.356 e. The number of carboxylic acid groups (broad SMARTS) is 1. The number of aryl methyl sites for hydroxylation is 1. The van der Waals surface area contributed by atoms with E-state index in [0.717, 1.165) is 43.7 Å². The average Bonchev–Trinajstić information content (AvgIpc) is 3.38. The summed E-state index contributed by atoms with van der Waals surface area (Å²) in [6.45, 7) is 2.21. The van der Waals surface area contributed by atoms with Crippen molar-refractivity contribution in [1.82, 2.24) is 20.0 Å². The maximum absolute atomic E-state index is 10.9. The van der Waals surface area contributed by atoms with E-state index in [9.17, 15) is 9.90 Å². The van der Waals surface area contributed by atoms with E-state index < -0.39 is 12.1 Å². The molecule has 0 spiro atoms. The molecular formula is C16H19N5O3. The van der Waals surface area contributed by atoms with E-state index in [2.05, 4.69) is 20.2 Å². The Balaban J connectivity index is 1.55. The minimum atomic E-state index is -1.08. The van der Waals surface area contributed by atoms with Crippen molar-refractivity contribution in [1.29, 1.82) is 0 Å². The van der Waals surface area contributed by atoms with E-state index in [1.54, 1.807) is 6.07 Å². The lowest BCUT2D eigenvalue weighted by atomic mass is 10.1. The Labute approximate surface area is 138 Å². The monoisotopic (exact) mass is 329 g/mol. The molecule has 0 amide bonds. The van der Waals surface area contributed by atoms with Gasteiger partial charge in [-0.05, 0) is 43.4 Å². The summed E-state index contributed by atoms with van der Waals surface area (Å²) in [6, 6.07) is 5.12. The average molecular weight is 329 g/mol. The molecule has 0 saturated heterocycles. The molecule has 1 unspecified atom stereocenters. The van der Waals surface area contributed by atoms with Gasteiger partial charge < -0.3 is 15.1 Å². The third-order valence-electron chi connectivity index (χ3n) is 4.60. The summed E-state index contributed by atoms with van der Waals surface area (Å²) in [5.41, 5.74) is 1.72. The summed E-state index contributed by atoms with van der Waals surface area (Å²) in [4.78, 5) is 12.9. The highest BCUT2D eigenvalue weighted by molar-refractivity contribution is 5.85. The zero-order valence-corrected chi connectivity index (χ0v) is 13.2. The van der Waals surface area contributed by atoms with Crippen molar-refractivity contribution in [3.05, 3.63) is 35.3 Å². The fourth-order valence-electron chi connectivity index (χ4n) is 3.09. The first-order valence-corrected chi connectivity index (χ1v) is 8.18. The molecule has 8 nitrogen and oxygen atoms in total. The lowest BCUT2D eigenvalue weighted by molar-refractivity contribution is 0.0689. The molecule has 0 radical (unpaired) electrons. The van der Waals surface area contributed by atoms with Crippen molar-refractivity contribution in [2.75, 3.05) is 11.4 Å². The predicted octanol–water partition coefficient (Wildman–Crippen LogP) is 1.22. The second-order valence-corrected chi connectivity index (χ2v) is 6.42. The van der Waals surface area contributed by atoms with E-state index in [1.807, 2.05) is 10.7 Å². The van der Waals surface area contributed by atoms with E-state index in [1.165, 1.54) is 6.07 Å². The molecule has 24 heavy (non-hydrogen) atoms. The number of carboxylic acids is 1. The molecule has 4 rings (SSSR count). The standard InChI is InChI=1S/C16H19N5O3/c22-15(10-2-3-10)13-8-11-9-20(6-1-7-21(11)19-13)14-5-4-12(16(23)24)17-18-14/h4-5,8,10,15,22H,1-3,6-7,9H2,(H,23,24). The number of aromatic nitrogens is 4. The van der Waals surface area contributed by atoms with Crippen LogP contribution in [0.3, 0.4) is 0 Å². The normalized spacial score (nSPS) is 18.8. The first-order valence-electron chi connectivity index (χ1n) is 8.18. The first kappa shape index (κ1) is 15.1. The fraction of sp³-hybridized carbons (Fsp3) is 0.500. The number of hydrogen-bond donors (Lipinski definition) is 2. The summed E-state index contributed by atoms with van der Waals surface area (Å²) in [6.07, 6.45) is 2.57.